The number of aliphatic hydroxyl groups excluding tert-OH is 1. The number of hydrogen-bond donors (Lipinski definition) is 1. The standard InChI is InChI=1S/C27H31NO3/c1-22(20-29)17-26(27(30)31-21-25-15-9-4-10-16-25)28(18-23-11-5-2-6-12-23)19-24-13-7-3-8-14-24/h2-16,22,26,29H,17-21H2,1H3/t22-,26-/m0/s1. The molecule has 0 radical (unpaired) electrons. The van der Waals surface area contributed by atoms with Crippen molar-refractivity contribution in [3.63, 3.8) is 0 Å². The molecule has 0 aliphatic heterocycles. The third-order valence-electron chi connectivity index (χ3n) is 5.33. The van der Waals surface area contributed by atoms with Crippen LogP contribution in [0.25, 0.3) is 0 Å². The van der Waals surface area contributed by atoms with Crippen molar-refractivity contribution < 1.29 is 14.6 Å². The Labute approximate surface area is 185 Å². The first-order valence-electron chi connectivity index (χ1n) is 10.8. The van der Waals surface area contributed by atoms with Crippen LogP contribution in [0, 0.1) is 5.92 Å². The molecule has 0 spiro atoms. The highest BCUT2D eigenvalue weighted by Crippen LogP contribution is 2.20. The van der Waals surface area contributed by atoms with Crippen molar-refractivity contribution in [2.75, 3.05) is 6.61 Å². The fourth-order valence-electron chi connectivity index (χ4n) is 3.59. The predicted octanol–water partition coefficient (Wildman–Crippen LogP) is 4.82. The van der Waals surface area contributed by atoms with Crippen LogP contribution in [0.2, 0.25) is 0 Å². The molecule has 0 amide bonds. The normalized spacial score (nSPS) is 13.0. The molecule has 0 fully saturated rings. The average molecular weight is 418 g/mol. The maximum Gasteiger partial charge on any atom is 0.323 e. The summed E-state index contributed by atoms with van der Waals surface area (Å²) in [4.78, 5) is 15.4. The van der Waals surface area contributed by atoms with Crippen molar-refractivity contribution in [1.29, 1.82) is 0 Å². The first-order chi connectivity index (χ1) is 15.2. The summed E-state index contributed by atoms with van der Waals surface area (Å²) in [6.07, 6.45) is 0.532. The van der Waals surface area contributed by atoms with E-state index in [4.69, 9.17) is 4.74 Å². The number of hydrogen-bond acceptors (Lipinski definition) is 4. The molecule has 0 aromatic heterocycles. The number of carbonyl (C=O) groups excluding carboxylic acids is 1. The molecule has 2 atom stereocenters. The van der Waals surface area contributed by atoms with Crippen molar-refractivity contribution in [3.05, 3.63) is 108 Å². The molecule has 0 unspecified atom stereocenters. The van der Waals surface area contributed by atoms with Gasteiger partial charge in [0.05, 0.1) is 0 Å². The minimum absolute atomic E-state index is 0.0108. The third kappa shape index (κ3) is 7.35. The van der Waals surface area contributed by atoms with Gasteiger partial charge in [-0.2, -0.15) is 0 Å². The van der Waals surface area contributed by atoms with Crippen molar-refractivity contribution in [3.8, 4) is 0 Å². The molecule has 0 bridgehead atoms. The van der Waals surface area contributed by atoms with Gasteiger partial charge in [-0.05, 0) is 29.0 Å². The molecule has 4 nitrogen and oxygen atoms in total. The zero-order chi connectivity index (χ0) is 21.9. The third-order valence-corrected chi connectivity index (χ3v) is 5.33. The Morgan fingerprint density at radius 3 is 1.71 bits per heavy atom. The molecule has 1 N–H and O–H groups in total. The van der Waals surface area contributed by atoms with Gasteiger partial charge >= 0.3 is 5.97 Å². The summed E-state index contributed by atoms with van der Waals surface area (Å²) in [5, 5.41) is 9.66. The molecule has 3 rings (SSSR count). The molecule has 0 heterocycles. The molecule has 0 saturated carbocycles. The van der Waals surface area contributed by atoms with Crippen molar-refractivity contribution in [2.24, 2.45) is 5.92 Å². The molecule has 0 aliphatic rings. The molecule has 3 aromatic carbocycles. The molecule has 3 aromatic rings. The molecular weight excluding hydrogens is 386 g/mol. The lowest BCUT2D eigenvalue weighted by Crippen LogP contribution is -2.42. The summed E-state index contributed by atoms with van der Waals surface area (Å²) < 4.78 is 5.73. The first kappa shape index (κ1) is 22.7. The minimum atomic E-state index is -0.453. The SMILES string of the molecule is C[C@H](CO)C[C@@H](C(=O)OCc1ccccc1)N(Cc1ccccc1)Cc1ccccc1. The van der Waals surface area contributed by atoms with Gasteiger partial charge < -0.3 is 9.84 Å². The van der Waals surface area contributed by atoms with Gasteiger partial charge in [-0.3, -0.25) is 9.69 Å². The summed E-state index contributed by atoms with van der Waals surface area (Å²) in [5.74, 6) is -0.265. The number of ether oxygens (including phenoxy) is 1. The molecule has 0 saturated heterocycles. The Morgan fingerprint density at radius 2 is 1.26 bits per heavy atom. The number of benzene rings is 3. The second-order valence-corrected chi connectivity index (χ2v) is 8.01. The highest BCUT2D eigenvalue weighted by Gasteiger charge is 2.29. The van der Waals surface area contributed by atoms with Crippen LogP contribution >= 0.6 is 0 Å². The summed E-state index contributed by atoms with van der Waals surface area (Å²) in [6.45, 7) is 3.49. The number of nitrogens with zero attached hydrogens (tertiary/aromatic N) is 1. The summed E-state index contributed by atoms with van der Waals surface area (Å²) in [5.41, 5.74) is 3.23. The van der Waals surface area contributed by atoms with Crippen LogP contribution in [0.4, 0.5) is 0 Å². The summed E-state index contributed by atoms with van der Waals surface area (Å²) in [7, 11) is 0. The van der Waals surface area contributed by atoms with E-state index in [1.165, 1.54) is 0 Å². The Bertz CT molecular complexity index is 858. The minimum Gasteiger partial charge on any atom is -0.460 e. The van der Waals surface area contributed by atoms with Crippen LogP contribution in [0.15, 0.2) is 91.0 Å². The van der Waals surface area contributed by atoms with Gasteiger partial charge in [-0.15, -0.1) is 0 Å². The fraction of sp³-hybridized carbons (Fsp3) is 0.296. The number of aliphatic hydroxyl groups is 1. The molecular formula is C27H31NO3. The van der Waals surface area contributed by atoms with Crippen LogP contribution in [0.5, 0.6) is 0 Å². The zero-order valence-corrected chi connectivity index (χ0v) is 18.1. The Hall–Kier alpha value is -2.95. The topological polar surface area (TPSA) is 49.8 Å². The molecule has 31 heavy (non-hydrogen) atoms. The lowest BCUT2D eigenvalue weighted by molar-refractivity contribution is -0.153. The smallest absolute Gasteiger partial charge is 0.323 e. The maximum absolute atomic E-state index is 13.2. The van der Waals surface area contributed by atoms with Crippen molar-refractivity contribution >= 4 is 5.97 Å². The predicted molar refractivity (Wildman–Crippen MR) is 123 cm³/mol. The maximum atomic E-state index is 13.2. The van der Waals surface area contributed by atoms with Crippen LogP contribution in [-0.4, -0.2) is 28.6 Å². The second-order valence-electron chi connectivity index (χ2n) is 8.01. The van der Waals surface area contributed by atoms with Gasteiger partial charge in [-0.25, -0.2) is 0 Å². The van der Waals surface area contributed by atoms with E-state index in [0.717, 1.165) is 16.7 Å². The van der Waals surface area contributed by atoms with Gasteiger partial charge in [0, 0.05) is 19.7 Å². The quantitative estimate of drug-likeness (QED) is 0.455. The van der Waals surface area contributed by atoms with Crippen molar-refractivity contribution in [2.45, 2.75) is 39.1 Å². The lowest BCUT2D eigenvalue weighted by Gasteiger charge is -2.32. The molecule has 4 heteroatoms. The summed E-state index contributed by atoms with van der Waals surface area (Å²) in [6, 6.07) is 29.6. The van der Waals surface area contributed by atoms with Gasteiger partial charge in [-0.1, -0.05) is 97.9 Å². The summed E-state index contributed by atoms with van der Waals surface area (Å²) >= 11 is 0. The Kier molecular flexibility index (Phi) is 8.83. The largest absolute Gasteiger partial charge is 0.460 e. The van der Waals surface area contributed by atoms with Gasteiger partial charge in [0.1, 0.15) is 12.6 Å². The highest BCUT2D eigenvalue weighted by atomic mass is 16.5. The van der Waals surface area contributed by atoms with Gasteiger partial charge in [0.25, 0.3) is 0 Å². The second kappa shape index (κ2) is 12.0. The van der Waals surface area contributed by atoms with E-state index in [9.17, 15) is 9.90 Å². The Morgan fingerprint density at radius 1 is 0.806 bits per heavy atom. The van der Waals surface area contributed by atoms with E-state index in [1.54, 1.807) is 0 Å². The van der Waals surface area contributed by atoms with Crippen LogP contribution in [0.1, 0.15) is 30.0 Å². The average Bonchev–Trinajstić information content (AvgIpc) is 2.82. The van der Waals surface area contributed by atoms with E-state index in [1.807, 2.05) is 73.7 Å². The monoisotopic (exact) mass is 417 g/mol. The lowest BCUT2D eigenvalue weighted by atomic mass is 9.99. The van der Waals surface area contributed by atoms with Gasteiger partial charge in [0.15, 0.2) is 0 Å². The molecule has 0 aliphatic carbocycles. The molecule has 162 valence electrons. The van der Waals surface area contributed by atoms with Gasteiger partial charge in [0.2, 0.25) is 0 Å². The zero-order valence-electron chi connectivity index (χ0n) is 18.1. The number of rotatable bonds is 11. The van der Waals surface area contributed by atoms with Crippen molar-refractivity contribution in [1.82, 2.24) is 4.90 Å². The number of carbonyl (C=O) groups is 1. The van der Waals surface area contributed by atoms with E-state index >= 15 is 0 Å². The van der Waals surface area contributed by atoms with Crippen LogP contribution in [-0.2, 0) is 29.2 Å². The number of esters is 1. The fourth-order valence-corrected chi connectivity index (χ4v) is 3.59. The van der Waals surface area contributed by atoms with E-state index in [-0.39, 0.29) is 25.1 Å². The highest BCUT2D eigenvalue weighted by molar-refractivity contribution is 5.75. The van der Waals surface area contributed by atoms with E-state index in [0.29, 0.717) is 19.5 Å². The van der Waals surface area contributed by atoms with E-state index < -0.39 is 6.04 Å². The Balaban J connectivity index is 1.82. The van der Waals surface area contributed by atoms with Crippen LogP contribution < -0.4 is 0 Å². The first-order valence-corrected chi connectivity index (χ1v) is 10.8. The van der Waals surface area contributed by atoms with Crippen LogP contribution in [0.3, 0.4) is 0 Å². The van der Waals surface area contributed by atoms with E-state index in [2.05, 4.69) is 29.2 Å².